The quantitative estimate of drug-likeness (QED) is 0.158. The number of fused-ring (bicyclic) bond motifs is 10. The summed E-state index contributed by atoms with van der Waals surface area (Å²) in [4.78, 5) is 0. The first-order chi connectivity index (χ1) is 32.8. The number of hydrogen-bond acceptors (Lipinski definition) is 1. The summed E-state index contributed by atoms with van der Waals surface area (Å²) in [7, 11) is 0. The van der Waals surface area contributed by atoms with E-state index in [1.54, 1.807) is 0 Å². The van der Waals surface area contributed by atoms with E-state index in [0.29, 0.717) is 0 Å². The van der Waals surface area contributed by atoms with Crippen molar-refractivity contribution in [1.29, 1.82) is 0 Å². The summed E-state index contributed by atoms with van der Waals surface area (Å²) in [5, 5.41) is 16.2. The van der Waals surface area contributed by atoms with Gasteiger partial charge in [-0.15, -0.1) is 0 Å². The molecule has 0 unspecified atom stereocenters. The van der Waals surface area contributed by atoms with Gasteiger partial charge < -0.3 is 8.98 Å². The van der Waals surface area contributed by atoms with Gasteiger partial charge in [0.25, 0.3) is 0 Å². The molecule has 66 heavy (non-hydrogen) atoms. The Bertz CT molecular complexity index is 4150. The Morgan fingerprint density at radius 3 is 1.50 bits per heavy atom. The normalized spacial score (nSPS) is 12.8. The van der Waals surface area contributed by atoms with E-state index in [-0.39, 0.29) is 0 Å². The maximum absolute atomic E-state index is 6.95. The molecule has 0 spiro atoms. The van der Waals surface area contributed by atoms with Gasteiger partial charge in [-0.25, -0.2) is 0 Å². The Labute approximate surface area is 381 Å². The van der Waals surface area contributed by atoms with Crippen molar-refractivity contribution in [2.45, 2.75) is 12.8 Å². The number of nitrogens with zero attached hydrogens (tertiary/aromatic N) is 1. The zero-order chi connectivity index (χ0) is 43.3. The number of furan rings is 1. The lowest BCUT2D eigenvalue weighted by Crippen LogP contribution is -2.33. The molecule has 0 amide bonds. The van der Waals surface area contributed by atoms with Gasteiger partial charge in [-0.05, 0) is 137 Å². The molecular formula is C64H41NO. The van der Waals surface area contributed by atoms with Crippen molar-refractivity contribution in [1.82, 2.24) is 4.57 Å². The van der Waals surface area contributed by atoms with Crippen molar-refractivity contribution in [3.63, 3.8) is 0 Å². The molecule has 13 aromatic rings. The monoisotopic (exact) mass is 839 g/mol. The first-order valence-electron chi connectivity index (χ1n) is 23.1. The Morgan fingerprint density at radius 2 is 0.879 bits per heavy atom. The van der Waals surface area contributed by atoms with E-state index in [4.69, 9.17) is 4.42 Å². The molecule has 0 N–H and O–H groups in total. The van der Waals surface area contributed by atoms with E-state index in [9.17, 15) is 0 Å². The largest absolute Gasteiger partial charge is 0.456 e. The second-order valence-corrected chi connectivity index (χ2v) is 17.7. The van der Waals surface area contributed by atoms with Gasteiger partial charge >= 0.3 is 0 Å². The fourth-order valence-corrected chi connectivity index (χ4v) is 11.6. The SMILES string of the molecule is C1=c2c(n(-c3ccccc3)c3ccccc23)=C(c2c3ccccc3c(-c3cccc4oc5cc(-c6c7ccccc7c(-c7ccccc7)c7ccccc67)ccc5c34)c3ccccc23)CC1. The van der Waals surface area contributed by atoms with Gasteiger partial charge in [0.05, 0.1) is 10.9 Å². The molecule has 0 atom stereocenters. The maximum atomic E-state index is 6.95. The van der Waals surface area contributed by atoms with Crippen LogP contribution in [0.4, 0.5) is 0 Å². The van der Waals surface area contributed by atoms with Crippen molar-refractivity contribution in [2.24, 2.45) is 0 Å². The van der Waals surface area contributed by atoms with E-state index >= 15 is 0 Å². The molecule has 0 saturated heterocycles. The van der Waals surface area contributed by atoms with Gasteiger partial charge in [0, 0.05) is 27.1 Å². The van der Waals surface area contributed by atoms with Gasteiger partial charge in [-0.1, -0.05) is 188 Å². The minimum Gasteiger partial charge on any atom is -0.456 e. The molecule has 1 aliphatic carbocycles. The number of para-hydroxylation sites is 2. The van der Waals surface area contributed by atoms with Crippen LogP contribution in [0.25, 0.3) is 127 Å². The highest BCUT2D eigenvalue weighted by molar-refractivity contribution is 6.25. The Morgan fingerprint density at radius 1 is 0.364 bits per heavy atom. The van der Waals surface area contributed by atoms with Crippen LogP contribution in [0, 0.1) is 0 Å². The summed E-state index contributed by atoms with van der Waals surface area (Å²) < 4.78 is 9.45. The molecule has 14 rings (SSSR count). The van der Waals surface area contributed by atoms with E-state index in [0.717, 1.165) is 40.3 Å². The fourth-order valence-electron chi connectivity index (χ4n) is 11.6. The molecule has 0 radical (unpaired) electrons. The summed E-state index contributed by atoms with van der Waals surface area (Å²) in [6.45, 7) is 0. The van der Waals surface area contributed by atoms with Crippen molar-refractivity contribution in [3.05, 3.63) is 235 Å². The number of rotatable bonds is 5. The van der Waals surface area contributed by atoms with Crippen LogP contribution in [0.15, 0.2) is 223 Å². The van der Waals surface area contributed by atoms with Gasteiger partial charge in [-0.2, -0.15) is 0 Å². The lowest BCUT2D eigenvalue weighted by Gasteiger charge is -2.21. The molecule has 1 aliphatic rings. The average molecular weight is 840 g/mol. The first-order valence-corrected chi connectivity index (χ1v) is 23.1. The molecule has 2 nitrogen and oxygen atoms in total. The molecular weight excluding hydrogens is 799 g/mol. The van der Waals surface area contributed by atoms with Gasteiger partial charge in [-0.3, -0.25) is 0 Å². The summed E-state index contributed by atoms with van der Waals surface area (Å²) in [6.07, 6.45) is 4.40. The predicted octanol–water partition coefficient (Wildman–Crippen LogP) is 15.9. The highest BCUT2D eigenvalue weighted by Gasteiger charge is 2.25. The number of benzene rings is 11. The van der Waals surface area contributed by atoms with E-state index in [2.05, 4.69) is 229 Å². The molecule has 0 bridgehead atoms. The summed E-state index contributed by atoms with van der Waals surface area (Å²) in [5.41, 5.74) is 14.2. The Hall–Kier alpha value is -8.46. The maximum Gasteiger partial charge on any atom is 0.136 e. The Balaban J connectivity index is 1.03. The van der Waals surface area contributed by atoms with E-state index < -0.39 is 0 Å². The lowest BCUT2D eigenvalue weighted by atomic mass is 9.83. The van der Waals surface area contributed by atoms with Crippen LogP contribution < -0.4 is 10.6 Å². The van der Waals surface area contributed by atoms with Gasteiger partial charge in [0.1, 0.15) is 11.2 Å². The fraction of sp³-hybridized carbons (Fsp3) is 0.0312. The molecule has 0 aliphatic heterocycles. The molecule has 0 fully saturated rings. The van der Waals surface area contributed by atoms with Crippen molar-refractivity contribution in [2.75, 3.05) is 0 Å². The minimum atomic E-state index is 0.885. The van der Waals surface area contributed by atoms with Crippen LogP contribution in [-0.4, -0.2) is 4.57 Å². The molecule has 11 aromatic carbocycles. The van der Waals surface area contributed by atoms with Gasteiger partial charge in [0.2, 0.25) is 0 Å². The first kappa shape index (κ1) is 37.0. The van der Waals surface area contributed by atoms with Crippen LogP contribution >= 0.6 is 0 Å². The molecule has 2 heterocycles. The zero-order valence-electron chi connectivity index (χ0n) is 36.1. The topological polar surface area (TPSA) is 18.1 Å². The van der Waals surface area contributed by atoms with Crippen LogP contribution in [0.5, 0.6) is 0 Å². The molecule has 2 aromatic heterocycles. The van der Waals surface area contributed by atoms with E-state index in [1.807, 2.05) is 0 Å². The van der Waals surface area contributed by atoms with Crippen molar-refractivity contribution >= 4 is 87.6 Å². The lowest BCUT2D eigenvalue weighted by molar-refractivity contribution is 0.669. The summed E-state index contributed by atoms with van der Waals surface area (Å²) in [6, 6.07) is 80.0. The summed E-state index contributed by atoms with van der Waals surface area (Å²) >= 11 is 0. The zero-order valence-corrected chi connectivity index (χ0v) is 36.1. The second-order valence-electron chi connectivity index (χ2n) is 17.7. The third-order valence-corrected chi connectivity index (χ3v) is 14.2. The highest BCUT2D eigenvalue weighted by atomic mass is 16.3. The molecule has 0 saturated carbocycles. The van der Waals surface area contributed by atoms with Gasteiger partial charge in [0.15, 0.2) is 0 Å². The highest BCUT2D eigenvalue weighted by Crippen LogP contribution is 2.48. The standard InChI is InChI=1S/C64H41NO/c1-3-19-40(20-4-1)59-44-24-7-9-26-46(44)60(47-27-10-8-25-45(47)59)41-37-38-53-58(39-41)66-57-36-18-33-54(63(53)57)61-48-28-11-13-30-50(48)62(51-31-14-12-29-49(51)61)55-34-17-32-52-43-23-15-16-35-56(43)65(64(52)55)42-21-5-2-6-22-42/h1-16,18-33,35-39H,17,34H2. The van der Waals surface area contributed by atoms with Crippen LogP contribution in [0.2, 0.25) is 0 Å². The third-order valence-electron chi connectivity index (χ3n) is 14.2. The Kier molecular flexibility index (Phi) is 8.14. The van der Waals surface area contributed by atoms with E-state index in [1.165, 1.54) is 109 Å². The van der Waals surface area contributed by atoms with Crippen LogP contribution in [0.1, 0.15) is 18.4 Å². The summed E-state index contributed by atoms with van der Waals surface area (Å²) in [5.74, 6) is 0. The predicted molar refractivity (Wildman–Crippen MR) is 279 cm³/mol. The van der Waals surface area contributed by atoms with Crippen molar-refractivity contribution < 1.29 is 4.42 Å². The average Bonchev–Trinajstić information content (AvgIpc) is 3.94. The molecule has 2 heteroatoms. The third kappa shape index (κ3) is 5.36. The van der Waals surface area contributed by atoms with Crippen LogP contribution in [0.3, 0.4) is 0 Å². The molecule has 308 valence electrons. The number of aromatic nitrogens is 1. The second kappa shape index (κ2) is 14.5. The minimum absolute atomic E-state index is 0.885. The number of hydrogen-bond donors (Lipinski definition) is 0. The van der Waals surface area contributed by atoms with Crippen molar-refractivity contribution in [3.8, 4) is 39.1 Å². The smallest absolute Gasteiger partial charge is 0.136 e. The van der Waals surface area contributed by atoms with Crippen LogP contribution in [-0.2, 0) is 0 Å².